The van der Waals surface area contributed by atoms with E-state index in [0.29, 0.717) is 37.6 Å². The summed E-state index contributed by atoms with van der Waals surface area (Å²) in [4.78, 5) is 35.4. The number of methoxy groups -OCH3 is 1. The van der Waals surface area contributed by atoms with E-state index >= 15 is 0 Å². The van der Waals surface area contributed by atoms with Crippen molar-refractivity contribution in [2.24, 2.45) is 0 Å². The van der Waals surface area contributed by atoms with Gasteiger partial charge in [0, 0.05) is 44.0 Å². The summed E-state index contributed by atoms with van der Waals surface area (Å²) in [6.07, 6.45) is 4.40. The monoisotopic (exact) mass is 346 g/mol. The Balaban J connectivity index is 1.63. The second kappa shape index (κ2) is 7.82. The molecule has 7 heteroatoms. The van der Waals surface area contributed by atoms with E-state index in [0.717, 1.165) is 25.8 Å². The number of pyridine rings is 1. The van der Waals surface area contributed by atoms with E-state index in [4.69, 9.17) is 4.74 Å². The van der Waals surface area contributed by atoms with Crippen LogP contribution in [0.2, 0.25) is 0 Å². The minimum Gasteiger partial charge on any atom is -0.481 e. The van der Waals surface area contributed by atoms with E-state index in [1.807, 2.05) is 16.8 Å². The van der Waals surface area contributed by atoms with Crippen molar-refractivity contribution < 1.29 is 14.3 Å². The van der Waals surface area contributed by atoms with Crippen LogP contribution in [-0.4, -0.2) is 84.4 Å². The Labute approximate surface area is 148 Å². The van der Waals surface area contributed by atoms with Crippen molar-refractivity contribution in [3.8, 4) is 5.88 Å². The van der Waals surface area contributed by atoms with Crippen LogP contribution < -0.4 is 4.74 Å². The molecule has 0 radical (unpaired) electrons. The van der Waals surface area contributed by atoms with Crippen LogP contribution in [0.25, 0.3) is 0 Å². The molecule has 3 heterocycles. The molecule has 1 aromatic rings. The minimum atomic E-state index is -0.0343. The van der Waals surface area contributed by atoms with Crippen LogP contribution in [0.15, 0.2) is 18.3 Å². The highest BCUT2D eigenvalue weighted by Crippen LogP contribution is 2.19. The van der Waals surface area contributed by atoms with Crippen LogP contribution in [0, 0.1) is 0 Å². The molecule has 0 bridgehead atoms. The summed E-state index contributed by atoms with van der Waals surface area (Å²) >= 11 is 0. The van der Waals surface area contributed by atoms with Crippen LogP contribution in [0.1, 0.15) is 29.6 Å². The summed E-state index contributed by atoms with van der Waals surface area (Å²) in [5, 5.41) is 0. The Hall–Kier alpha value is -2.15. The van der Waals surface area contributed by atoms with Crippen LogP contribution in [0.4, 0.5) is 0 Å². The fourth-order valence-corrected chi connectivity index (χ4v) is 3.61. The average Bonchev–Trinajstić information content (AvgIpc) is 2.92. The summed E-state index contributed by atoms with van der Waals surface area (Å²) in [6, 6.07) is 3.36. The number of likely N-dealkylation sites (N-methyl/N-ethyl adjacent to an activating group) is 1. The van der Waals surface area contributed by atoms with Crippen molar-refractivity contribution in [1.82, 2.24) is 19.7 Å². The Morgan fingerprint density at radius 3 is 2.60 bits per heavy atom. The smallest absolute Gasteiger partial charge is 0.254 e. The molecule has 2 aliphatic rings. The van der Waals surface area contributed by atoms with E-state index in [2.05, 4.69) is 9.88 Å². The molecule has 2 amide bonds. The van der Waals surface area contributed by atoms with Gasteiger partial charge in [-0.2, -0.15) is 0 Å². The van der Waals surface area contributed by atoms with E-state index < -0.39 is 0 Å². The molecule has 1 atom stereocenters. The maximum absolute atomic E-state index is 12.7. The molecule has 136 valence electrons. The van der Waals surface area contributed by atoms with Gasteiger partial charge in [-0.05, 0) is 38.9 Å². The maximum Gasteiger partial charge on any atom is 0.254 e. The predicted octanol–water partition coefficient (Wildman–Crippen LogP) is 0.859. The molecular weight excluding hydrogens is 320 g/mol. The molecule has 0 aromatic carbocycles. The number of aromatic nitrogens is 1. The summed E-state index contributed by atoms with van der Waals surface area (Å²) in [6.45, 7) is 3.52. The Morgan fingerprint density at radius 1 is 1.12 bits per heavy atom. The van der Waals surface area contributed by atoms with Crippen LogP contribution >= 0.6 is 0 Å². The summed E-state index contributed by atoms with van der Waals surface area (Å²) in [5.41, 5.74) is 0.571. The van der Waals surface area contributed by atoms with E-state index in [-0.39, 0.29) is 17.9 Å². The lowest BCUT2D eigenvalue weighted by atomic mass is 10.2. The van der Waals surface area contributed by atoms with Gasteiger partial charge in [0.25, 0.3) is 5.91 Å². The number of hydrogen-bond acceptors (Lipinski definition) is 5. The van der Waals surface area contributed by atoms with Gasteiger partial charge in [0.05, 0.1) is 13.2 Å². The van der Waals surface area contributed by atoms with Crippen molar-refractivity contribution in [2.75, 3.05) is 46.9 Å². The largest absolute Gasteiger partial charge is 0.481 e. The summed E-state index contributed by atoms with van der Waals surface area (Å²) < 4.78 is 5.09. The normalized spacial score (nSPS) is 21.9. The van der Waals surface area contributed by atoms with Gasteiger partial charge in [-0.3, -0.25) is 14.5 Å². The topological polar surface area (TPSA) is 66.0 Å². The fraction of sp³-hybridized carbons (Fsp3) is 0.611. The number of carbonyl (C=O) groups is 2. The molecule has 1 aromatic heterocycles. The number of likely N-dealkylation sites (tertiary alicyclic amines) is 1. The van der Waals surface area contributed by atoms with Crippen molar-refractivity contribution in [3.63, 3.8) is 0 Å². The van der Waals surface area contributed by atoms with Gasteiger partial charge in [0.15, 0.2) is 0 Å². The third-order valence-corrected chi connectivity index (χ3v) is 5.09. The lowest BCUT2D eigenvalue weighted by molar-refractivity contribution is -0.135. The van der Waals surface area contributed by atoms with E-state index in [1.54, 1.807) is 18.3 Å². The second-order valence-electron chi connectivity index (χ2n) is 6.70. The van der Waals surface area contributed by atoms with E-state index in [9.17, 15) is 9.59 Å². The fourth-order valence-electron chi connectivity index (χ4n) is 3.61. The quantitative estimate of drug-likeness (QED) is 0.812. The standard InChI is InChI=1S/C18H26N4O3/c1-20-8-3-5-15(20)18(24)22-10-4-9-21(11-12-22)17(23)14-6-7-19-16(13-14)25-2/h6-7,13,15H,3-5,8-12H2,1-2H3. The Bertz CT molecular complexity index is 637. The highest BCUT2D eigenvalue weighted by Gasteiger charge is 2.32. The Morgan fingerprint density at radius 2 is 1.88 bits per heavy atom. The number of carbonyl (C=O) groups excluding carboxylic acids is 2. The van der Waals surface area contributed by atoms with E-state index in [1.165, 1.54) is 7.11 Å². The molecule has 0 spiro atoms. The first-order valence-electron chi connectivity index (χ1n) is 8.88. The van der Waals surface area contributed by atoms with Gasteiger partial charge in [-0.25, -0.2) is 4.98 Å². The predicted molar refractivity (Wildman–Crippen MR) is 93.5 cm³/mol. The van der Waals surface area contributed by atoms with Crippen molar-refractivity contribution >= 4 is 11.8 Å². The van der Waals surface area contributed by atoms with Gasteiger partial charge < -0.3 is 14.5 Å². The highest BCUT2D eigenvalue weighted by molar-refractivity contribution is 5.94. The average molecular weight is 346 g/mol. The summed E-state index contributed by atoms with van der Waals surface area (Å²) in [7, 11) is 3.55. The van der Waals surface area contributed by atoms with Gasteiger partial charge in [0.2, 0.25) is 11.8 Å². The molecule has 2 fully saturated rings. The molecule has 2 aliphatic heterocycles. The molecular formula is C18H26N4O3. The van der Waals surface area contributed by atoms with Crippen LogP contribution in [-0.2, 0) is 4.79 Å². The molecule has 0 aliphatic carbocycles. The SMILES string of the molecule is COc1cc(C(=O)N2CCCN(C(=O)C3CCCN3C)CC2)ccn1. The van der Waals surface area contributed by atoms with Gasteiger partial charge in [0.1, 0.15) is 0 Å². The lowest BCUT2D eigenvalue weighted by Crippen LogP contribution is -2.46. The first-order chi connectivity index (χ1) is 12.1. The number of nitrogens with zero attached hydrogens (tertiary/aromatic N) is 4. The highest BCUT2D eigenvalue weighted by atomic mass is 16.5. The second-order valence-corrected chi connectivity index (χ2v) is 6.70. The number of amides is 2. The van der Waals surface area contributed by atoms with Crippen molar-refractivity contribution in [1.29, 1.82) is 0 Å². The van der Waals surface area contributed by atoms with Crippen LogP contribution in [0.5, 0.6) is 5.88 Å². The molecule has 3 rings (SSSR count). The third-order valence-electron chi connectivity index (χ3n) is 5.09. The van der Waals surface area contributed by atoms with Crippen molar-refractivity contribution in [3.05, 3.63) is 23.9 Å². The Kier molecular flexibility index (Phi) is 5.53. The zero-order valence-corrected chi connectivity index (χ0v) is 15.0. The molecule has 2 saturated heterocycles. The first kappa shape index (κ1) is 17.7. The first-order valence-corrected chi connectivity index (χ1v) is 8.88. The van der Waals surface area contributed by atoms with Gasteiger partial charge >= 0.3 is 0 Å². The maximum atomic E-state index is 12.7. The zero-order chi connectivity index (χ0) is 17.8. The van der Waals surface area contributed by atoms with Gasteiger partial charge in [-0.1, -0.05) is 0 Å². The number of ether oxygens (including phenoxy) is 1. The van der Waals surface area contributed by atoms with Crippen molar-refractivity contribution in [2.45, 2.75) is 25.3 Å². The molecule has 25 heavy (non-hydrogen) atoms. The number of rotatable bonds is 3. The third kappa shape index (κ3) is 3.92. The van der Waals surface area contributed by atoms with Gasteiger partial charge in [-0.15, -0.1) is 0 Å². The molecule has 7 nitrogen and oxygen atoms in total. The number of hydrogen-bond donors (Lipinski definition) is 0. The molecule has 0 N–H and O–H groups in total. The summed E-state index contributed by atoms with van der Waals surface area (Å²) in [5.74, 6) is 0.606. The molecule has 1 unspecified atom stereocenters. The molecule has 0 saturated carbocycles. The van der Waals surface area contributed by atoms with Crippen LogP contribution in [0.3, 0.4) is 0 Å². The lowest BCUT2D eigenvalue weighted by Gasteiger charge is -2.27. The zero-order valence-electron chi connectivity index (χ0n) is 15.0. The minimum absolute atomic E-state index is 0.00621.